The van der Waals surface area contributed by atoms with Gasteiger partial charge in [0.2, 0.25) is 5.56 Å². The number of rotatable bonds is 5. The standard InChI is InChI=1S/C18H19FN2O5/c19-11-1-2-13-14(10-16(22)20-15(13)9-11)18(25)21(6-3-17(23)24)12-4-7-26-8-5-12/h1-2,9-10,12H,3-8H2,(H,20,22)(H,23,24). The van der Waals surface area contributed by atoms with Gasteiger partial charge in [0.15, 0.2) is 0 Å². The van der Waals surface area contributed by atoms with Crippen molar-refractivity contribution in [1.82, 2.24) is 9.88 Å². The summed E-state index contributed by atoms with van der Waals surface area (Å²) in [6, 6.07) is 4.82. The molecule has 26 heavy (non-hydrogen) atoms. The van der Waals surface area contributed by atoms with Gasteiger partial charge in [-0.05, 0) is 31.0 Å². The molecule has 1 aromatic heterocycles. The Balaban J connectivity index is 2.01. The number of aromatic amines is 1. The maximum atomic E-state index is 13.5. The van der Waals surface area contributed by atoms with Crippen LogP contribution in [0.15, 0.2) is 29.1 Å². The van der Waals surface area contributed by atoms with Crippen LogP contribution in [0.1, 0.15) is 29.6 Å². The summed E-state index contributed by atoms with van der Waals surface area (Å²) in [7, 11) is 0. The van der Waals surface area contributed by atoms with Crippen molar-refractivity contribution in [2.45, 2.75) is 25.3 Å². The zero-order valence-corrected chi connectivity index (χ0v) is 14.0. The van der Waals surface area contributed by atoms with Crippen LogP contribution in [0, 0.1) is 5.82 Å². The molecule has 3 rings (SSSR count). The van der Waals surface area contributed by atoms with Crippen molar-refractivity contribution in [2.24, 2.45) is 0 Å². The van der Waals surface area contributed by atoms with Gasteiger partial charge >= 0.3 is 5.97 Å². The molecule has 2 heterocycles. The van der Waals surface area contributed by atoms with Crippen LogP contribution in [-0.4, -0.2) is 52.7 Å². The van der Waals surface area contributed by atoms with Gasteiger partial charge in [-0.1, -0.05) is 0 Å². The second-order valence-corrected chi connectivity index (χ2v) is 6.22. The summed E-state index contributed by atoms with van der Waals surface area (Å²) in [6.07, 6.45) is 1.00. The number of fused-ring (bicyclic) bond motifs is 1. The number of aliphatic carboxylic acids is 1. The lowest BCUT2D eigenvalue weighted by Gasteiger charge is -2.34. The van der Waals surface area contributed by atoms with Crippen LogP contribution >= 0.6 is 0 Å². The first-order valence-corrected chi connectivity index (χ1v) is 8.39. The minimum Gasteiger partial charge on any atom is -0.481 e. The highest BCUT2D eigenvalue weighted by atomic mass is 19.1. The lowest BCUT2D eigenvalue weighted by atomic mass is 10.0. The molecule has 0 saturated carbocycles. The van der Waals surface area contributed by atoms with E-state index in [0.29, 0.717) is 31.4 Å². The predicted octanol–water partition coefficient (Wildman–Crippen LogP) is 1.76. The van der Waals surface area contributed by atoms with E-state index >= 15 is 0 Å². The van der Waals surface area contributed by atoms with Gasteiger partial charge in [0.05, 0.1) is 17.5 Å². The van der Waals surface area contributed by atoms with Crippen molar-refractivity contribution in [2.75, 3.05) is 19.8 Å². The molecule has 1 aliphatic heterocycles. The average molecular weight is 362 g/mol. The van der Waals surface area contributed by atoms with Crippen LogP contribution in [0.3, 0.4) is 0 Å². The van der Waals surface area contributed by atoms with Crippen molar-refractivity contribution in [3.05, 3.63) is 46.0 Å². The third kappa shape index (κ3) is 3.91. The summed E-state index contributed by atoms with van der Waals surface area (Å²) < 4.78 is 18.8. The van der Waals surface area contributed by atoms with Gasteiger partial charge in [-0.15, -0.1) is 0 Å². The highest BCUT2D eigenvalue weighted by Gasteiger charge is 2.28. The first-order valence-electron chi connectivity index (χ1n) is 8.39. The minimum absolute atomic E-state index is 0.0360. The Hall–Kier alpha value is -2.74. The number of carbonyl (C=O) groups excluding carboxylic acids is 1. The van der Waals surface area contributed by atoms with E-state index in [9.17, 15) is 18.8 Å². The molecule has 1 fully saturated rings. The molecule has 0 spiro atoms. The first-order chi connectivity index (χ1) is 12.5. The number of hydrogen-bond acceptors (Lipinski definition) is 4. The summed E-state index contributed by atoms with van der Waals surface area (Å²) in [4.78, 5) is 40.1. The van der Waals surface area contributed by atoms with Crippen LogP contribution in [-0.2, 0) is 9.53 Å². The van der Waals surface area contributed by atoms with E-state index in [-0.39, 0.29) is 30.1 Å². The lowest BCUT2D eigenvalue weighted by molar-refractivity contribution is -0.137. The number of halogens is 1. The molecule has 138 valence electrons. The number of pyridine rings is 1. The minimum atomic E-state index is -1.01. The van der Waals surface area contributed by atoms with Gasteiger partial charge < -0.3 is 19.7 Å². The summed E-state index contributed by atoms with van der Waals surface area (Å²) >= 11 is 0. The number of amides is 1. The number of benzene rings is 1. The zero-order valence-electron chi connectivity index (χ0n) is 14.0. The predicted molar refractivity (Wildman–Crippen MR) is 91.7 cm³/mol. The maximum absolute atomic E-state index is 13.5. The third-order valence-corrected chi connectivity index (χ3v) is 4.49. The SMILES string of the molecule is O=C(O)CCN(C(=O)c1cc(=O)[nH]c2cc(F)ccc12)C1CCOCC1. The monoisotopic (exact) mass is 362 g/mol. The van der Waals surface area contributed by atoms with Crippen molar-refractivity contribution in [1.29, 1.82) is 0 Å². The van der Waals surface area contributed by atoms with Gasteiger partial charge in [0, 0.05) is 37.3 Å². The number of nitrogens with zero attached hydrogens (tertiary/aromatic N) is 1. The van der Waals surface area contributed by atoms with E-state index in [1.165, 1.54) is 23.1 Å². The highest BCUT2D eigenvalue weighted by Crippen LogP contribution is 2.22. The number of carboxylic acid groups (broad SMARTS) is 1. The Bertz CT molecular complexity index is 889. The fourth-order valence-corrected chi connectivity index (χ4v) is 3.23. The number of aromatic nitrogens is 1. The van der Waals surface area contributed by atoms with Gasteiger partial charge in [-0.25, -0.2) is 4.39 Å². The van der Waals surface area contributed by atoms with Gasteiger partial charge in [0.25, 0.3) is 5.91 Å². The summed E-state index contributed by atoms with van der Waals surface area (Å²) in [5.41, 5.74) is -0.150. The fourth-order valence-electron chi connectivity index (χ4n) is 3.23. The third-order valence-electron chi connectivity index (χ3n) is 4.49. The molecule has 0 bridgehead atoms. The fraction of sp³-hybridized carbons (Fsp3) is 0.389. The molecule has 0 radical (unpaired) electrons. The topological polar surface area (TPSA) is 99.7 Å². The molecule has 1 amide bonds. The quantitative estimate of drug-likeness (QED) is 0.844. The Morgan fingerprint density at radius 2 is 2.00 bits per heavy atom. The molecular formula is C18H19FN2O5. The number of ether oxygens (including phenoxy) is 1. The average Bonchev–Trinajstić information content (AvgIpc) is 2.61. The second-order valence-electron chi connectivity index (χ2n) is 6.22. The smallest absolute Gasteiger partial charge is 0.305 e. The Morgan fingerprint density at radius 3 is 2.69 bits per heavy atom. The van der Waals surface area contributed by atoms with Crippen LogP contribution in [0.2, 0.25) is 0 Å². The van der Waals surface area contributed by atoms with Crippen molar-refractivity contribution in [3.63, 3.8) is 0 Å². The van der Waals surface area contributed by atoms with Crippen LogP contribution < -0.4 is 5.56 Å². The Kier molecular flexibility index (Phi) is 5.32. The molecule has 0 atom stereocenters. The highest BCUT2D eigenvalue weighted by molar-refractivity contribution is 6.06. The lowest BCUT2D eigenvalue weighted by Crippen LogP contribution is -2.44. The number of nitrogens with one attached hydrogen (secondary N) is 1. The molecule has 1 saturated heterocycles. The number of H-pyrrole nitrogens is 1. The molecule has 0 aliphatic carbocycles. The Morgan fingerprint density at radius 1 is 1.27 bits per heavy atom. The molecule has 7 nitrogen and oxygen atoms in total. The summed E-state index contributed by atoms with van der Waals surface area (Å²) in [5, 5.41) is 9.42. The van der Waals surface area contributed by atoms with Crippen molar-refractivity contribution < 1.29 is 23.8 Å². The van der Waals surface area contributed by atoms with Gasteiger partial charge in [-0.2, -0.15) is 0 Å². The van der Waals surface area contributed by atoms with Gasteiger partial charge in [-0.3, -0.25) is 14.4 Å². The molecule has 8 heteroatoms. The van der Waals surface area contributed by atoms with Crippen molar-refractivity contribution in [3.8, 4) is 0 Å². The van der Waals surface area contributed by atoms with Crippen LogP contribution in [0.4, 0.5) is 4.39 Å². The van der Waals surface area contributed by atoms with E-state index in [1.54, 1.807) is 0 Å². The van der Waals surface area contributed by atoms with E-state index in [0.717, 1.165) is 6.07 Å². The largest absolute Gasteiger partial charge is 0.481 e. The van der Waals surface area contributed by atoms with Crippen LogP contribution in [0.5, 0.6) is 0 Å². The first kappa shape index (κ1) is 18.1. The number of carboxylic acids is 1. The molecule has 1 aliphatic rings. The summed E-state index contributed by atoms with van der Waals surface area (Å²) in [5.74, 6) is -1.96. The van der Waals surface area contributed by atoms with E-state index in [4.69, 9.17) is 9.84 Å². The molecular weight excluding hydrogens is 343 g/mol. The van der Waals surface area contributed by atoms with E-state index < -0.39 is 23.3 Å². The van der Waals surface area contributed by atoms with E-state index in [2.05, 4.69) is 4.98 Å². The zero-order chi connectivity index (χ0) is 18.7. The molecule has 1 aromatic carbocycles. The van der Waals surface area contributed by atoms with Crippen molar-refractivity contribution >= 4 is 22.8 Å². The molecule has 0 unspecified atom stereocenters. The van der Waals surface area contributed by atoms with Gasteiger partial charge in [0.1, 0.15) is 5.82 Å². The number of carbonyl (C=O) groups is 2. The Labute approximate surface area is 148 Å². The normalized spacial score (nSPS) is 15.1. The second kappa shape index (κ2) is 7.65. The van der Waals surface area contributed by atoms with Crippen LogP contribution in [0.25, 0.3) is 10.9 Å². The van der Waals surface area contributed by atoms with E-state index in [1.807, 2.05) is 0 Å². The molecule has 2 N–H and O–H groups in total. The maximum Gasteiger partial charge on any atom is 0.305 e. The summed E-state index contributed by atoms with van der Waals surface area (Å²) in [6.45, 7) is 1.01. The molecule has 2 aromatic rings. The number of hydrogen-bond donors (Lipinski definition) is 2.